The van der Waals surface area contributed by atoms with Crippen LogP contribution >= 0.6 is 0 Å². The highest BCUT2D eigenvalue weighted by Crippen LogP contribution is 2.10. The zero-order valence-corrected chi connectivity index (χ0v) is 11.4. The van der Waals surface area contributed by atoms with Crippen molar-refractivity contribution >= 4 is 11.7 Å². The van der Waals surface area contributed by atoms with E-state index < -0.39 is 11.6 Å². The highest BCUT2D eigenvalue weighted by atomic mass is 19.1. The van der Waals surface area contributed by atoms with E-state index in [1.165, 1.54) is 25.2 Å². The van der Waals surface area contributed by atoms with Crippen LogP contribution in [0.4, 0.5) is 14.6 Å². The van der Waals surface area contributed by atoms with E-state index in [4.69, 9.17) is 0 Å². The van der Waals surface area contributed by atoms with Crippen LogP contribution in [0.25, 0.3) is 0 Å². The molecule has 0 saturated carbocycles. The Morgan fingerprint density at radius 3 is 2.62 bits per heavy atom. The van der Waals surface area contributed by atoms with Crippen LogP contribution in [0.1, 0.15) is 16.1 Å². The number of rotatable bonds is 5. The predicted octanol–water partition coefficient (Wildman–Crippen LogP) is 1.77. The summed E-state index contributed by atoms with van der Waals surface area (Å²) in [6.45, 7) is 0.413. The first-order valence-electron chi connectivity index (χ1n) is 6.34. The Hall–Kier alpha value is -2.57. The normalized spacial score (nSPS) is 10.2. The topological polar surface area (TPSA) is 66.9 Å². The number of nitrogens with zero attached hydrogens (tertiary/aromatic N) is 2. The van der Waals surface area contributed by atoms with E-state index in [0.29, 0.717) is 24.3 Å². The Labute approximate surface area is 120 Å². The first kappa shape index (κ1) is 14.8. The molecule has 0 unspecified atom stereocenters. The van der Waals surface area contributed by atoms with E-state index in [-0.39, 0.29) is 11.6 Å². The van der Waals surface area contributed by atoms with Crippen LogP contribution in [0.5, 0.6) is 0 Å². The molecule has 2 rings (SSSR count). The fourth-order valence-corrected chi connectivity index (χ4v) is 1.73. The summed E-state index contributed by atoms with van der Waals surface area (Å²) in [7, 11) is 1.51. The molecule has 21 heavy (non-hydrogen) atoms. The molecule has 7 heteroatoms. The summed E-state index contributed by atoms with van der Waals surface area (Å²) < 4.78 is 26.2. The first-order chi connectivity index (χ1) is 10.1. The molecule has 1 aromatic heterocycles. The van der Waals surface area contributed by atoms with E-state index >= 15 is 0 Å². The summed E-state index contributed by atoms with van der Waals surface area (Å²) >= 11 is 0. The number of anilines is 1. The molecule has 0 saturated heterocycles. The molecule has 0 radical (unpaired) electrons. The second kappa shape index (κ2) is 6.74. The van der Waals surface area contributed by atoms with E-state index in [1.54, 1.807) is 6.07 Å². The smallest absolute Gasteiger partial charge is 0.271 e. The first-order valence-corrected chi connectivity index (χ1v) is 6.34. The van der Waals surface area contributed by atoms with Gasteiger partial charge in [0, 0.05) is 19.7 Å². The van der Waals surface area contributed by atoms with Gasteiger partial charge in [-0.2, -0.15) is 0 Å². The lowest BCUT2D eigenvalue weighted by Gasteiger charge is -2.06. The number of hydrogen-bond donors (Lipinski definition) is 2. The second-order valence-corrected chi connectivity index (χ2v) is 4.30. The van der Waals surface area contributed by atoms with Crippen molar-refractivity contribution in [2.24, 2.45) is 0 Å². The van der Waals surface area contributed by atoms with Gasteiger partial charge in [-0.15, -0.1) is 10.2 Å². The van der Waals surface area contributed by atoms with Gasteiger partial charge in [0.15, 0.2) is 5.69 Å². The molecule has 1 aromatic carbocycles. The van der Waals surface area contributed by atoms with E-state index in [9.17, 15) is 13.6 Å². The summed E-state index contributed by atoms with van der Waals surface area (Å²) in [6, 6.07) is 6.63. The molecule has 0 aliphatic carbocycles. The fourth-order valence-electron chi connectivity index (χ4n) is 1.73. The molecule has 0 spiro atoms. The van der Waals surface area contributed by atoms with Gasteiger partial charge >= 0.3 is 0 Å². The van der Waals surface area contributed by atoms with Crippen LogP contribution in [0, 0.1) is 11.6 Å². The largest absolute Gasteiger partial charge is 0.368 e. The van der Waals surface area contributed by atoms with Crippen molar-refractivity contribution in [1.29, 1.82) is 0 Å². The number of carbonyl (C=O) groups is 1. The molecule has 0 bridgehead atoms. The summed E-state index contributed by atoms with van der Waals surface area (Å²) in [5.41, 5.74) is 0.631. The van der Waals surface area contributed by atoms with Crippen molar-refractivity contribution in [3.05, 3.63) is 53.2 Å². The number of halogens is 2. The number of carbonyl (C=O) groups excluding carboxylic acids is 1. The zero-order chi connectivity index (χ0) is 15.2. The SMILES string of the molecule is CNC(=O)c1ccc(NCCc2ccc(F)cc2F)nn1. The van der Waals surface area contributed by atoms with Crippen LogP contribution in [0.2, 0.25) is 0 Å². The lowest BCUT2D eigenvalue weighted by Crippen LogP contribution is -2.20. The fraction of sp³-hybridized carbons (Fsp3) is 0.214. The van der Waals surface area contributed by atoms with Gasteiger partial charge in [-0.3, -0.25) is 4.79 Å². The van der Waals surface area contributed by atoms with Gasteiger partial charge in [-0.1, -0.05) is 6.07 Å². The summed E-state index contributed by atoms with van der Waals surface area (Å²) in [5, 5.41) is 13.0. The number of benzene rings is 1. The van der Waals surface area contributed by atoms with Gasteiger partial charge < -0.3 is 10.6 Å². The third kappa shape index (κ3) is 3.95. The van der Waals surface area contributed by atoms with E-state index in [0.717, 1.165) is 6.07 Å². The second-order valence-electron chi connectivity index (χ2n) is 4.30. The van der Waals surface area contributed by atoms with Gasteiger partial charge in [0.2, 0.25) is 0 Å². The van der Waals surface area contributed by atoms with E-state index in [1.807, 2.05) is 0 Å². The predicted molar refractivity (Wildman–Crippen MR) is 74.0 cm³/mol. The van der Waals surface area contributed by atoms with Gasteiger partial charge in [-0.05, 0) is 30.2 Å². The summed E-state index contributed by atoms with van der Waals surface area (Å²) in [4.78, 5) is 11.3. The molecule has 0 aliphatic rings. The molecule has 1 heterocycles. The van der Waals surface area contributed by atoms with Gasteiger partial charge in [0.1, 0.15) is 17.5 Å². The Morgan fingerprint density at radius 2 is 2.00 bits per heavy atom. The Morgan fingerprint density at radius 1 is 1.19 bits per heavy atom. The summed E-state index contributed by atoms with van der Waals surface area (Å²) in [6.07, 6.45) is 0.380. The van der Waals surface area contributed by atoms with Crippen LogP contribution in [-0.2, 0) is 6.42 Å². The molecular weight excluding hydrogens is 278 g/mol. The standard InChI is InChI=1S/C14H14F2N4O/c1-17-14(21)12-4-5-13(20-19-12)18-7-6-9-2-3-10(15)8-11(9)16/h2-5,8H,6-7H2,1H3,(H,17,21)(H,18,20). The van der Waals surface area contributed by atoms with Crippen LogP contribution in [0.3, 0.4) is 0 Å². The lowest BCUT2D eigenvalue weighted by molar-refractivity contribution is 0.0957. The van der Waals surface area contributed by atoms with Crippen molar-refractivity contribution in [3.8, 4) is 0 Å². The van der Waals surface area contributed by atoms with Crippen LogP contribution in [-0.4, -0.2) is 29.7 Å². The highest BCUT2D eigenvalue weighted by Gasteiger charge is 2.06. The Bertz CT molecular complexity index is 631. The molecular formula is C14H14F2N4O. The minimum atomic E-state index is -0.597. The molecule has 1 amide bonds. The molecule has 2 aromatic rings. The maximum absolute atomic E-state index is 13.4. The Balaban J connectivity index is 1.90. The molecule has 110 valence electrons. The average Bonchev–Trinajstić information content (AvgIpc) is 2.49. The van der Waals surface area contributed by atoms with Crippen LogP contribution in [0.15, 0.2) is 30.3 Å². The maximum atomic E-state index is 13.4. The molecule has 0 fully saturated rings. The van der Waals surface area contributed by atoms with Gasteiger partial charge in [0.25, 0.3) is 5.91 Å². The molecule has 0 aliphatic heterocycles. The molecule has 5 nitrogen and oxygen atoms in total. The number of aromatic nitrogens is 2. The van der Waals surface area contributed by atoms with Gasteiger partial charge in [-0.25, -0.2) is 8.78 Å². The van der Waals surface area contributed by atoms with Crippen molar-refractivity contribution in [1.82, 2.24) is 15.5 Å². The van der Waals surface area contributed by atoms with Crippen molar-refractivity contribution in [3.63, 3.8) is 0 Å². The highest BCUT2D eigenvalue weighted by molar-refractivity contribution is 5.91. The lowest BCUT2D eigenvalue weighted by atomic mass is 10.1. The minimum Gasteiger partial charge on any atom is -0.368 e. The monoisotopic (exact) mass is 292 g/mol. The van der Waals surface area contributed by atoms with Crippen molar-refractivity contribution in [2.75, 3.05) is 18.9 Å². The maximum Gasteiger partial charge on any atom is 0.271 e. The third-order valence-corrected chi connectivity index (χ3v) is 2.84. The van der Waals surface area contributed by atoms with Crippen molar-refractivity contribution in [2.45, 2.75) is 6.42 Å². The van der Waals surface area contributed by atoms with E-state index in [2.05, 4.69) is 20.8 Å². The number of nitrogens with one attached hydrogen (secondary N) is 2. The number of amides is 1. The molecule has 0 atom stereocenters. The quantitative estimate of drug-likeness (QED) is 0.881. The van der Waals surface area contributed by atoms with Gasteiger partial charge in [0.05, 0.1) is 0 Å². The Kier molecular flexibility index (Phi) is 4.76. The minimum absolute atomic E-state index is 0.215. The summed E-state index contributed by atoms with van der Waals surface area (Å²) in [5.74, 6) is -1.01. The zero-order valence-electron chi connectivity index (χ0n) is 11.4. The molecule has 2 N–H and O–H groups in total. The average molecular weight is 292 g/mol. The number of hydrogen-bond acceptors (Lipinski definition) is 4. The third-order valence-electron chi connectivity index (χ3n) is 2.84. The van der Waals surface area contributed by atoms with Crippen LogP contribution < -0.4 is 10.6 Å². The van der Waals surface area contributed by atoms with Crippen molar-refractivity contribution < 1.29 is 13.6 Å².